The van der Waals surface area contributed by atoms with Crippen molar-refractivity contribution < 1.29 is 0 Å². The van der Waals surface area contributed by atoms with E-state index in [9.17, 15) is 4.79 Å². The summed E-state index contributed by atoms with van der Waals surface area (Å²) in [4.78, 5) is 15.9. The van der Waals surface area contributed by atoms with Gasteiger partial charge in [-0.05, 0) is 13.3 Å². The van der Waals surface area contributed by atoms with Crippen molar-refractivity contribution in [2.75, 3.05) is 0 Å². The minimum Gasteiger partial charge on any atom is -0.287 e. The van der Waals surface area contributed by atoms with Crippen LogP contribution >= 0.6 is 12.2 Å². The molecule has 1 heterocycles. The molecule has 0 spiro atoms. The minimum atomic E-state index is -0.141. The molecular formula is C10H15N3OS. The van der Waals surface area contributed by atoms with Crippen molar-refractivity contribution in [1.29, 1.82) is 0 Å². The van der Waals surface area contributed by atoms with E-state index in [1.165, 1.54) is 9.13 Å². The Kier molecular flexibility index (Phi) is 3.57. The molecule has 0 unspecified atom stereocenters. The average Bonchev–Trinajstić information content (AvgIpc) is 2.24. The lowest BCUT2D eigenvalue weighted by Gasteiger charge is -2.11. The second-order valence-electron chi connectivity index (χ2n) is 3.25. The molecular weight excluding hydrogens is 210 g/mol. The molecule has 0 amide bonds. The summed E-state index contributed by atoms with van der Waals surface area (Å²) in [6.07, 6.45) is 2.44. The van der Waals surface area contributed by atoms with Crippen LogP contribution in [0.4, 0.5) is 5.82 Å². The fourth-order valence-corrected chi connectivity index (χ4v) is 1.81. The molecule has 82 valence electrons. The average molecular weight is 225 g/mol. The predicted octanol–water partition coefficient (Wildman–Crippen LogP) is 1.74. The first-order valence-electron chi connectivity index (χ1n) is 4.82. The van der Waals surface area contributed by atoms with E-state index in [4.69, 9.17) is 12.2 Å². The quantitative estimate of drug-likeness (QED) is 0.568. The summed E-state index contributed by atoms with van der Waals surface area (Å²) >= 11 is 5.22. The van der Waals surface area contributed by atoms with Crippen LogP contribution in [0.1, 0.15) is 19.4 Å². The summed E-state index contributed by atoms with van der Waals surface area (Å²) in [5.41, 5.74) is 0.797. The molecule has 0 saturated carbocycles. The molecule has 0 aliphatic carbocycles. The Hall–Kier alpha value is -1.23. The largest absolute Gasteiger partial charge is 0.330 e. The first-order valence-corrected chi connectivity index (χ1v) is 5.23. The van der Waals surface area contributed by atoms with E-state index in [0.717, 1.165) is 12.0 Å². The molecule has 0 aromatic carbocycles. The van der Waals surface area contributed by atoms with Crippen LogP contribution in [0.15, 0.2) is 9.79 Å². The Balaban J connectivity index is 3.78. The van der Waals surface area contributed by atoms with Gasteiger partial charge in [-0.15, -0.1) is 0 Å². The molecule has 1 aromatic heterocycles. The third-order valence-corrected chi connectivity index (χ3v) is 2.85. The van der Waals surface area contributed by atoms with Crippen LogP contribution in [0.2, 0.25) is 0 Å². The summed E-state index contributed by atoms with van der Waals surface area (Å²) in [6.45, 7) is 3.82. The van der Waals surface area contributed by atoms with E-state index in [0.29, 0.717) is 10.5 Å². The van der Waals surface area contributed by atoms with Crippen molar-refractivity contribution in [1.82, 2.24) is 9.13 Å². The van der Waals surface area contributed by atoms with Crippen LogP contribution in [0.3, 0.4) is 0 Å². The molecule has 15 heavy (non-hydrogen) atoms. The highest BCUT2D eigenvalue weighted by atomic mass is 32.1. The smallest absolute Gasteiger partial charge is 0.287 e. The van der Waals surface area contributed by atoms with Crippen LogP contribution in [0.25, 0.3) is 0 Å². The van der Waals surface area contributed by atoms with Gasteiger partial charge in [0.25, 0.3) is 0 Å². The molecule has 1 aromatic rings. The Labute approximate surface area is 93.9 Å². The van der Waals surface area contributed by atoms with Gasteiger partial charge in [0.05, 0.1) is 0 Å². The summed E-state index contributed by atoms with van der Waals surface area (Å²) in [5.74, 6) is 0.660. The van der Waals surface area contributed by atoms with Crippen LogP contribution in [0.5, 0.6) is 0 Å². The number of nitrogens with zero attached hydrogens (tertiary/aromatic N) is 3. The zero-order valence-corrected chi connectivity index (χ0v) is 10.3. The monoisotopic (exact) mass is 225 g/mol. The molecule has 0 atom stereocenters. The fraction of sp³-hybridized carbons (Fsp3) is 0.500. The summed E-state index contributed by atoms with van der Waals surface area (Å²) < 4.78 is 3.57. The van der Waals surface area contributed by atoms with Gasteiger partial charge in [0.1, 0.15) is 10.5 Å². The highest BCUT2D eigenvalue weighted by Crippen LogP contribution is 2.17. The normalized spacial score (nSPS) is 11.2. The van der Waals surface area contributed by atoms with Gasteiger partial charge in [0.2, 0.25) is 0 Å². The molecule has 0 fully saturated rings. The molecule has 0 aliphatic rings. The van der Waals surface area contributed by atoms with Crippen molar-refractivity contribution in [2.45, 2.75) is 20.3 Å². The summed E-state index contributed by atoms with van der Waals surface area (Å²) in [5, 5.41) is 0. The van der Waals surface area contributed by atoms with Gasteiger partial charge in [-0.1, -0.05) is 19.1 Å². The van der Waals surface area contributed by atoms with Crippen molar-refractivity contribution in [3.05, 3.63) is 20.7 Å². The van der Waals surface area contributed by atoms with E-state index in [1.54, 1.807) is 20.3 Å². The maximum absolute atomic E-state index is 11.7. The highest BCUT2D eigenvalue weighted by Gasteiger charge is 2.09. The molecule has 4 nitrogen and oxygen atoms in total. The number of hydrogen-bond donors (Lipinski definition) is 0. The van der Waals surface area contributed by atoms with Gasteiger partial charge in [-0.25, -0.2) is 9.79 Å². The predicted molar refractivity (Wildman–Crippen MR) is 64.7 cm³/mol. The van der Waals surface area contributed by atoms with Crippen molar-refractivity contribution in [3.63, 3.8) is 0 Å². The van der Waals surface area contributed by atoms with E-state index < -0.39 is 0 Å². The van der Waals surface area contributed by atoms with Crippen molar-refractivity contribution >= 4 is 24.3 Å². The lowest BCUT2D eigenvalue weighted by molar-refractivity contribution is 0.688. The van der Waals surface area contributed by atoms with E-state index in [1.807, 2.05) is 13.8 Å². The summed E-state index contributed by atoms with van der Waals surface area (Å²) in [6, 6.07) is 0. The number of hydrogen-bond acceptors (Lipinski definition) is 3. The second-order valence-corrected chi connectivity index (χ2v) is 3.64. The minimum absolute atomic E-state index is 0.141. The second kappa shape index (κ2) is 4.53. The van der Waals surface area contributed by atoms with E-state index >= 15 is 0 Å². The van der Waals surface area contributed by atoms with Gasteiger partial charge in [0, 0.05) is 25.9 Å². The first-order chi connectivity index (χ1) is 7.04. The third-order valence-electron chi connectivity index (χ3n) is 2.33. The van der Waals surface area contributed by atoms with Crippen LogP contribution in [0, 0.1) is 4.64 Å². The molecule has 0 aliphatic heterocycles. The van der Waals surface area contributed by atoms with Crippen LogP contribution < -0.4 is 5.69 Å². The lowest BCUT2D eigenvalue weighted by Crippen LogP contribution is -2.28. The first kappa shape index (κ1) is 11.8. The highest BCUT2D eigenvalue weighted by molar-refractivity contribution is 7.71. The zero-order chi connectivity index (χ0) is 11.6. The summed E-state index contributed by atoms with van der Waals surface area (Å²) in [7, 11) is 3.39. The Bertz CT molecular complexity index is 511. The number of rotatable bonds is 2. The Morgan fingerprint density at radius 1 is 1.40 bits per heavy atom. The molecule has 0 N–H and O–H groups in total. The molecule has 1 rings (SSSR count). The number of aliphatic imine (C=N–C) groups is 1. The fourth-order valence-electron chi connectivity index (χ4n) is 1.50. The molecule has 5 heteroatoms. The topological polar surface area (TPSA) is 39.3 Å². The van der Waals surface area contributed by atoms with Gasteiger partial charge in [0.15, 0.2) is 0 Å². The zero-order valence-electron chi connectivity index (χ0n) is 9.44. The van der Waals surface area contributed by atoms with Crippen molar-refractivity contribution in [3.8, 4) is 0 Å². The van der Waals surface area contributed by atoms with Gasteiger partial charge in [-0.3, -0.25) is 9.13 Å². The maximum atomic E-state index is 11.7. The third kappa shape index (κ3) is 1.92. The standard InChI is InChI=1S/C10H15N3OS/c1-5-7-8(11-6-2)12(3)10(14)13(4)9(7)15/h6H,5H2,1-4H3/b11-6-. The van der Waals surface area contributed by atoms with Gasteiger partial charge in [-0.2, -0.15) is 0 Å². The van der Waals surface area contributed by atoms with Gasteiger partial charge < -0.3 is 0 Å². The molecule has 0 saturated heterocycles. The lowest BCUT2D eigenvalue weighted by atomic mass is 10.2. The number of aromatic nitrogens is 2. The van der Waals surface area contributed by atoms with Crippen molar-refractivity contribution in [2.24, 2.45) is 19.1 Å². The van der Waals surface area contributed by atoms with Gasteiger partial charge >= 0.3 is 5.69 Å². The molecule has 0 bridgehead atoms. The van der Waals surface area contributed by atoms with Crippen LogP contribution in [-0.2, 0) is 20.5 Å². The SMILES string of the molecule is C/C=N\c1c(CC)c(=S)n(C)c(=O)n1C. The van der Waals surface area contributed by atoms with Crippen LogP contribution in [-0.4, -0.2) is 15.3 Å². The molecule has 0 radical (unpaired) electrons. The van der Waals surface area contributed by atoms with E-state index in [-0.39, 0.29) is 5.69 Å². The maximum Gasteiger partial charge on any atom is 0.330 e. The van der Waals surface area contributed by atoms with E-state index in [2.05, 4.69) is 4.99 Å². The Morgan fingerprint density at radius 2 is 2.00 bits per heavy atom. The Morgan fingerprint density at radius 3 is 2.47 bits per heavy atom.